The molecule has 0 amide bonds. The van der Waals surface area contributed by atoms with Crippen LogP contribution in [0.25, 0.3) is 0 Å². The molecule has 1 aromatic carbocycles. The molecule has 0 aliphatic rings. The fraction of sp³-hybridized carbons (Fsp3) is 0.375. The van der Waals surface area contributed by atoms with Crippen LogP contribution in [0.15, 0.2) is 28.7 Å². The standard InChI is InChI=1S/C16H21NO2/c1-11-6-5-7-16(12(11)2)18-10-14-8-15(9-17-4)19-13(14)3/h5-8,17H,9-10H2,1-4H3. The van der Waals surface area contributed by atoms with Gasteiger partial charge in [0.2, 0.25) is 0 Å². The van der Waals surface area contributed by atoms with Crippen molar-refractivity contribution in [1.82, 2.24) is 5.32 Å². The molecule has 2 rings (SSSR count). The minimum absolute atomic E-state index is 0.545. The van der Waals surface area contributed by atoms with Gasteiger partial charge < -0.3 is 14.5 Å². The largest absolute Gasteiger partial charge is 0.488 e. The first kappa shape index (κ1) is 13.7. The van der Waals surface area contributed by atoms with Gasteiger partial charge in [-0.3, -0.25) is 0 Å². The number of rotatable bonds is 5. The smallest absolute Gasteiger partial charge is 0.122 e. The third-order valence-electron chi connectivity index (χ3n) is 3.36. The lowest BCUT2D eigenvalue weighted by atomic mass is 10.1. The second-order valence-corrected chi connectivity index (χ2v) is 4.81. The third-order valence-corrected chi connectivity index (χ3v) is 3.36. The number of benzene rings is 1. The first-order chi connectivity index (χ1) is 9.11. The first-order valence-electron chi connectivity index (χ1n) is 6.53. The number of aryl methyl sites for hydroxylation is 2. The van der Waals surface area contributed by atoms with Crippen LogP contribution in [0.2, 0.25) is 0 Å². The van der Waals surface area contributed by atoms with Crippen molar-refractivity contribution in [1.29, 1.82) is 0 Å². The van der Waals surface area contributed by atoms with Crippen LogP contribution in [0.3, 0.4) is 0 Å². The molecule has 1 N–H and O–H groups in total. The predicted molar refractivity (Wildman–Crippen MR) is 76.5 cm³/mol. The van der Waals surface area contributed by atoms with Crippen LogP contribution in [-0.4, -0.2) is 7.05 Å². The molecule has 0 radical (unpaired) electrons. The molecule has 0 saturated heterocycles. The van der Waals surface area contributed by atoms with Gasteiger partial charge in [-0.05, 0) is 51.1 Å². The van der Waals surface area contributed by atoms with E-state index in [-0.39, 0.29) is 0 Å². The van der Waals surface area contributed by atoms with Crippen molar-refractivity contribution in [2.45, 2.75) is 33.9 Å². The van der Waals surface area contributed by atoms with Gasteiger partial charge >= 0.3 is 0 Å². The molecule has 1 heterocycles. The van der Waals surface area contributed by atoms with Crippen molar-refractivity contribution >= 4 is 0 Å². The summed E-state index contributed by atoms with van der Waals surface area (Å²) in [5, 5.41) is 3.08. The Morgan fingerprint density at radius 3 is 2.74 bits per heavy atom. The molecule has 0 bridgehead atoms. The van der Waals surface area contributed by atoms with Crippen LogP contribution in [0.4, 0.5) is 0 Å². The van der Waals surface area contributed by atoms with Gasteiger partial charge in [0.15, 0.2) is 0 Å². The van der Waals surface area contributed by atoms with E-state index in [1.54, 1.807) is 0 Å². The Morgan fingerprint density at radius 2 is 2.00 bits per heavy atom. The normalized spacial score (nSPS) is 10.7. The van der Waals surface area contributed by atoms with Gasteiger partial charge in [0.1, 0.15) is 23.9 Å². The molecule has 19 heavy (non-hydrogen) atoms. The Labute approximate surface area is 114 Å². The van der Waals surface area contributed by atoms with Gasteiger partial charge in [-0.25, -0.2) is 0 Å². The fourth-order valence-corrected chi connectivity index (χ4v) is 2.03. The topological polar surface area (TPSA) is 34.4 Å². The number of hydrogen-bond acceptors (Lipinski definition) is 3. The molecular formula is C16H21NO2. The Morgan fingerprint density at radius 1 is 1.21 bits per heavy atom. The maximum absolute atomic E-state index is 5.90. The van der Waals surface area contributed by atoms with Gasteiger partial charge in [0.05, 0.1) is 6.54 Å². The van der Waals surface area contributed by atoms with E-state index in [0.717, 1.165) is 29.4 Å². The quantitative estimate of drug-likeness (QED) is 0.892. The summed E-state index contributed by atoms with van der Waals surface area (Å²) >= 11 is 0. The van der Waals surface area contributed by atoms with E-state index < -0.39 is 0 Å². The second-order valence-electron chi connectivity index (χ2n) is 4.81. The molecule has 0 aliphatic heterocycles. The van der Waals surface area contributed by atoms with Crippen LogP contribution >= 0.6 is 0 Å². The highest BCUT2D eigenvalue weighted by Gasteiger charge is 2.08. The highest BCUT2D eigenvalue weighted by molar-refractivity contribution is 5.38. The highest BCUT2D eigenvalue weighted by atomic mass is 16.5. The third kappa shape index (κ3) is 3.18. The van der Waals surface area contributed by atoms with Gasteiger partial charge in [-0.15, -0.1) is 0 Å². The Bertz CT molecular complexity index is 558. The maximum atomic E-state index is 5.90. The summed E-state index contributed by atoms with van der Waals surface area (Å²) in [6.07, 6.45) is 0. The summed E-state index contributed by atoms with van der Waals surface area (Å²) in [7, 11) is 1.91. The summed E-state index contributed by atoms with van der Waals surface area (Å²) in [6.45, 7) is 7.43. The molecule has 102 valence electrons. The Kier molecular flexibility index (Phi) is 4.27. The highest BCUT2D eigenvalue weighted by Crippen LogP contribution is 2.23. The van der Waals surface area contributed by atoms with Crippen molar-refractivity contribution in [3.8, 4) is 5.75 Å². The average molecular weight is 259 g/mol. The van der Waals surface area contributed by atoms with Crippen molar-refractivity contribution in [3.05, 3.63) is 52.5 Å². The van der Waals surface area contributed by atoms with Crippen molar-refractivity contribution in [2.75, 3.05) is 7.05 Å². The van der Waals surface area contributed by atoms with E-state index in [0.29, 0.717) is 6.61 Å². The average Bonchev–Trinajstić information content (AvgIpc) is 2.72. The molecule has 0 atom stereocenters. The minimum atomic E-state index is 0.545. The van der Waals surface area contributed by atoms with E-state index in [1.165, 1.54) is 11.1 Å². The Hall–Kier alpha value is -1.74. The lowest BCUT2D eigenvalue weighted by molar-refractivity contribution is 0.300. The van der Waals surface area contributed by atoms with Crippen molar-refractivity contribution < 1.29 is 9.15 Å². The van der Waals surface area contributed by atoms with Gasteiger partial charge in [-0.2, -0.15) is 0 Å². The zero-order valence-electron chi connectivity index (χ0n) is 12.0. The molecule has 0 aliphatic carbocycles. The SMILES string of the molecule is CNCc1cc(COc2cccc(C)c2C)c(C)o1. The van der Waals surface area contributed by atoms with E-state index >= 15 is 0 Å². The van der Waals surface area contributed by atoms with Gasteiger partial charge in [0.25, 0.3) is 0 Å². The number of hydrogen-bond donors (Lipinski definition) is 1. The monoisotopic (exact) mass is 259 g/mol. The van der Waals surface area contributed by atoms with E-state index in [4.69, 9.17) is 9.15 Å². The number of furan rings is 1. The second kappa shape index (κ2) is 5.93. The molecule has 3 nitrogen and oxygen atoms in total. The minimum Gasteiger partial charge on any atom is -0.488 e. The lowest BCUT2D eigenvalue weighted by Crippen LogP contribution is -2.03. The lowest BCUT2D eigenvalue weighted by Gasteiger charge is -2.10. The molecule has 0 saturated carbocycles. The molecule has 0 fully saturated rings. The van der Waals surface area contributed by atoms with E-state index in [2.05, 4.69) is 31.3 Å². The summed E-state index contributed by atoms with van der Waals surface area (Å²) in [6, 6.07) is 8.17. The number of nitrogens with one attached hydrogen (secondary N) is 1. The zero-order valence-corrected chi connectivity index (χ0v) is 12.0. The molecule has 0 spiro atoms. The van der Waals surface area contributed by atoms with Crippen LogP contribution in [0, 0.1) is 20.8 Å². The van der Waals surface area contributed by atoms with Gasteiger partial charge in [0, 0.05) is 5.56 Å². The van der Waals surface area contributed by atoms with Crippen LogP contribution in [0.1, 0.15) is 28.2 Å². The summed E-state index contributed by atoms with van der Waals surface area (Å²) in [4.78, 5) is 0. The van der Waals surface area contributed by atoms with Crippen LogP contribution in [0.5, 0.6) is 5.75 Å². The Balaban J connectivity index is 2.08. The van der Waals surface area contributed by atoms with Crippen LogP contribution < -0.4 is 10.1 Å². The van der Waals surface area contributed by atoms with Crippen molar-refractivity contribution in [2.24, 2.45) is 0 Å². The maximum Gasteiger partial charge on any atom is 0.122 e. The van der Waals surface area contributed by atoms with Gasteiger partial charge in [-0.1, -0.05) is 12.1 Å². The predicted octanol–water partition coefficient (Wildman–Crippen LogP) is 3.50. The van der Waals surface area contributed by atoms with E-state index in [1.807, 2.05) is 26.1 Å². The van der Waals surface area contributed by atoms with E-state index in [9.17, 15) is 0 Å². The summed E-state index contributed by atoms with van der Waals surface area (Å²) in [5.41, 5.74) is 3.54. The van der Waals surface area contributed by atoms with Crippen molar-refractivity contribution in [3.63, 3.8) is 0 Å². The molecule has 3 heteroatoms. The summed E-state index contributed by atoms with van der Waals surface area (Å²) in [5.74, 6) is 2.81. The molecule has 2 aromatic rings. The first-order valence-corrected chi connectivity index (χ1v) is 6.53. The fourth-order valence-electron chi connectivity index (χ4n) is 2.03. The summed E-state index contributed by atoms with van der Waals surface area (Å²) < 4.78 is 11.6. The zero-order chi connectivity index (χ0) is 13.8. The number of ether oxygens (including phenoxy) is 1. The molecular weight excluding hydrogens is 238 g/mol. The molecule has 1 aromatic heterocycles. The molecule has 0 unspecified atom stereocenters. The van der Waals surface area contributed by atoms with Crippen LogP contribution in [-0.2, 0) is 13.2 Å².